The molecule has 1 fully saturated rings. The summed E-state index contributed by atoms with van der Waals surface area (Å²) in [6, 6.07) is 4.74. The molecule has 1 atom stereocenters. The topological polar surface area (TPSA) is 96.2 Å². The molecule has 0 spiro atoms. The predicted molar refractivity (Wildman–Crippen MR) is 73.9 cm³/mol. The summed E-state index contributed by atoms with van der Waals surface area (Å²) < 4.78 is 0. The van der Waals surface area contributed by atoms with Crippen molar-refractivity contribution in [2.75, 3.05) is 24.6 Å². The minimum Gasteiger partial charge on any atom is -0.397 e. The second-order valence-electron chi connectivity index (χ2n) is 4.51. The quantitative estimate of drug-likeness (QED) is 0.590. The van der Waals surface area contributed by atoms with Crippen LogP contribution in [0.2, 0.25) is 0 Å². The standard InChI is InChI=1S/C13H18N4O2/c1-15-12(18)8-4-5-10(9(14)7-8)17-11-3-2-6-16-13(11)19/h4-5,7,11,17H,2-3,6,14H2,1H3,(H,15,18)(H,16,19). The molecule has 2 amide bonds. The number of carbonyl (C=O) groups excluding carboxylic acids is 2. The normalized spacial score (nSPS) is 18.6. The molecular weight excluding hydrogens is 244 g/mol. The molecule has 1 unspecified atom stereocenters. The molecule has 0 bridgehead atoms. The van der Waals surface area contributed by atoms with E-state index < -0.39 is 0 Å². The summed E-state index contributed by atoms with van der Waals surface area (Å²) in [5, 5.41) is 8.46. The summed E-state index contributed by atoms with van der Waals surface area (Å²) in [5.74, 6) is -0.199. The number of anilines is 2. The van der Waals surface area contributed by atoms with Crippen LogP contribution in [0.15, 0.2) is 18.2 Å². The molecule has 0 saturated carbocycles. The molecular formula is C13H18N4O2. The highest BCUT2D eigenvalue weighted by Crippen LogP contribution is 2.22. The molecule has 19 heavy (non-hydrogen) atoms. The molecule has 0 aliphatic carbocycles. The largest absolute Gasteiger partial charge is 0.397 e. The van der Waals surface area contributed by atoms with E-state index in [1.54, 1.807) is 25.2 Å². The first-order chi connectivity index (χ1) is 9.11. The zero-order valence-electron chi connectivity index (χ0n) is 10.8. The van der Waals surface area contributed by atoms with Gasteiger partial charge in [0.15, 0.2) is 0 Å². The van der Waals surface area contributed by atoms with Crippen molar-refractivity contribution in [3.63, 3.8) is 0 Å². The Kier molecular flexibility index (Phi) is 3.89. The number of nitrogen functional groups attached to an aromatic ring is 1. The summed E-state index contributed by atoms with van der Waals surface area (Å²) in [6.07, 6.45) is 1.72. The molecule has 6 nitrogen and oxygen atoms in total. The van der Waals surface area contributed by atoms with E-state index in [0.29, 0.717) is 16.9 Å². The highest BCUT2D eigenvalue weighted by atomic mass is 16.2. The fourth-order valence-electron chi connectivity index (χ4n) is 2.08. The number of nitrogens with two attached hydrogens (primary N) is 1. The lowest BCUT2D eigenvalue weighted by Crippen LogP contribution is -2.44. The fraction of sp³-hybridized carbons (Fsp3) is 0.385. The van der Waals surface area contributed by atoms with Gasteiger partial charge in [-0.25, -0.2) is 0 Å². The Bertz CT molecular complexity index is 501. The van der Waals surface area contributed by atoms with Gasteiger partial charge >= 0.3 is 0 Å². The second-order valence-corrected chi connectivity index (χ2v) is 4.51. The van der Waals surface area contributed by atoms with Crippen LogP contribution in [0.3, 0.4) is 0 Å². The molecule has 2 rings (SSSR count). The van der Waals surface area contributed by atoms with E-state index in [0.717, 1.165) is 19.4 Å². The van der Waals surface area contributed by atoms with Crippen molar-refractivity contribution in [3.8, 4) is 0 Å². The van der Waals surface area contributed by atoms with Crippen LogP contribution in [0.5, 0.6) is 0 Å². The Morgan fingerprint density at radius 3 is 2.89 bits per heavy atom. The first-order valence-electron chi connectivity index (χ1n) is 6.27. The molecule has 1 heterocycles. The maximum absolute atomic E-state index is 11.7. The van der Waals surface area contributed by atoms with Crippen molar-refractivity contribution in [1.82, 2.24) is 10.6 Å². The number of hydrogen-bond donors (Lipinski definition) is 4. The zero-order valence-corrected chi connectivity index (χ0v) is 10.8. The van der Waals surface area contributed by atoms with E-state index in [-0.39, 0.29) is 17.9 Å². The summed E-state index contributed by atoms with van der Waals surface area (Å²) in [5.41, 5.74) is 7.53. The predicted octanol–water partition coefficient (Wildman–Crippen LogP) is 0.319. The maximum Gasteiger partial charge on any atom is 0.251 e. The van der Waals surface area contributed by atoms with Crippen molar-refractivity contribution >= 4 is 23.2 Å². The van der Waals surface area contributed by atoms with E-state index in [2.05, 4.69) is 16.0 Å². The highest BCUT2D eigenvalue weighted by molar-refractivity contribution is 5.96. The van der Waals surface area contributed by atoms with Crippen LogP contribution >= 0.6 is 0 Å². The first kappa shape index (κ1) is 13.2. The van der Waals surface area contributed by atoms with E-state index in [1.807, 2.05) is 0 Å². The summed E-state index contributed by atoms with van der Waals surface area (Å²) in [4.78, 5) is 23.1. The van der Waals surface area contributed by atoms with Crippen LogP contribution < -0.4 is 21.7 Å². The van der Waals surface area contributed by atoms with Gasteiger partial charge in [-0.3, -0.25) is 9.59 Å². The van der Waals surface area contributed by atoms with E-state index in [9.17, 15) is 9.59 Å². The van der Waals surface area contributed by atoms with E-state index in [4.69, 9.17) is 5.73 Å². The van der Waals surface area contributed by atoms with Crippen LogP contribution in [0.4, 0.5) is 11.4 Å². The zero-order chi connectivity index (χ0) is 13.8. The molecule has 102 valence electrons. The molecule has 1 aliphatic rings. The minimum atomic E-state index is -0.262. The number of amides is 2. The summed E-state index contributed by atoms with van der Waals surface area (Å²) in [7, 11) is 1.57. The van der Waals surface area contributed by atoms with E-state index in [1.165, 1.54) is 0 Å². The van der Waals surface area contributed by atoms with Crippen LogP contribution in [-0.4, -0.2) is 31.4 Å². The molecule has 0 aromatic heterocycles. The first-order valence-corrected chi connectivity index (χ1v) is 6.27. The van der Waals surface area contributed by atoms with E-state index >= 15 is 0 Å². The van der Waals surface area contributed by atoms with Crippen LogP contribution in [0.25, 0.3) is 0 Å². The maximum atomic E-state index is 11.7. The number of nitrogens with one attached hydrogen (secondary N) is 3. The van der Waals surface area contributed by atoms with Crippen LogP contribution in [-0.2, 0) is 4.79 Å². The smallest absolute Gasteiger partial charge is 0.251 e. The third-order valence-electron chi connectivity index (χ3n) is 3.16. The second kappa shape index (κ2) is 5.60. The molecule has 0 radical (unpaired) electrons. The Morgan fingerprint density at radius 2 is 2.26 bits per heavy atom. The third kappa shape index (κ3) is 2.96. The Labute approximate surface area is 111 Å². The molecule has 5 N–H and O–H groups in total. The van der Waals surface area contributed by atoms with Gasteiger partial charge in [0, 0.05) is 19.2 Å². The van der Waals surface area contributed by atoms with Gasteiger partial charge in [-0.05, 0) is 31.0 Å². The van der Waals surface area contributed by atoms with Crippen molar-refractivity contribution in [2.45, 2.75) is 18.9 Å². The minimum absolute atomic E-state index is 0.0129. The van der Waals surface area contributed by atoms with Gasteiger partial charge in [0.2, 0.25) is 5.91 Å². The van der Waals surface area contributed by atoms with Gasteiger partial charge in [0.05, 0.1) is 11.4 Å². The van der Waals surface area contributed by atoms with Crippen LogP contribution in [0, 0.1) is 0 Å². The van der Waals surface area contributed by atoms with Crippen molar-refractivity contribution < 1.29 is 9.59 Å². The third-order valence-corrected chi connectivity index (χ3v) is 3.16. The number of hydrogen-bond acceptors (Lipinski definition) is 4. The summed E-state index contributed by atoms with van der Waals surface area (Å²) >= 11 is 0. The monoisotopic (exact) mass is 262 g/mol. The Balaban J connectivity index is 2.12. The van der Waals surface area contributed by atoms with Gasteiger partial charge in [-0.1, -0.05) is 0 Å². The average molecular weight is 262 g/mol. The number of benzene rings is 1. The number of rotatable bonds is 3. The lowest BCUT2D eigenvalue weighted by molar-refractivity contribution is -0.123. The molecule has 1 aromatic rings. The van der Waals surface area contributed by atoms with Crippen LogP contribution in [0.1, 0.15) is 23.2 Å². The number of carbonyl (C=O) groups is 2. The van der Waals surface area contributed by atoms with Gasteiger partial charge in [0.1, 0.15) is 6.04 Å². The SMILES string of the molecule is CNC(=O)c1ccc(NC2CCCNC2=O)c(N)c1. The lowest BCUT2D eigenvalue weighted by Gasteiger charge is -2.24. The van der Waals surface area contributed by atoms with Crippen molar-refractivity contribution in [3.05, 3.63) is 23.8 Å². The number of piperidine rings is 1. The van der Waals surface area contributed by atoms with Gasteiger partial charge in [-0.15, -0.1) is 0 Å². The Morgan fingerprint density at radius 1 is 1.47 bits per heavy atom. The molecule has 1 aliphatic heterocycles. The molecule has 1 aromatic carbocycles. The Hall–Kier alpha value is -2.24. The fourth-order valence-corrected chi connectivity index (χ4v) is 2.08. The van der Waals surface area contributed by atoms with Crippen molar-refractivity contribution in [1.29, 1.82) is 0 Å². The summed E-state index contributed by atoms with van der Waals surface area (Å²) in [6.45, 7) is 0.724. The van der Waals surface area contributed by atoms with Gasteiger partial charge < -0.3 is 21.7 Å². The van der Waals surface area contributed by atoms with Gasteiger partial charge in [-0.2, -0.15) is 0 Å². The average Bonchev–Trinajstić information content (AvgIpc) is 2.42. The highest BCUT2D eigenvalue weighted by Gasteiger charge is 2.22. The lowest BCUT2D eigenvalue weighted by atomic mass is 10.1. The van der Waals surface area contributed by atoms with Crippen molar-refractivity contribution in [2.24, 2.45) is 0 Å². The van der Waals surface area contributed by atoms with Gasteiger partial charge in [0.25, 0.3) is 5.91 Å². The molecule has 1 saturated heterocycles. The molecule has 6 heteroatoms.